The van der Waals surface area contributed by atoms with Crippen LogP contribution in [0.2, 0.25) is 0 Å². The van der Waals surface area contributed by atoms with Gasteiger partial charge in [0.05, 0.1) is 12.2 Å². The molecule has 1 heterocycles. The first-order valence-electron chi connectivity index (χ1n) is 6.23. The quantitative estimate of drug-likeness (QED) is 0.753. The summed E-state index contributed by atoms with van der Waals surface area (Å²) in [7, 11) is -3.54. The minimum Gasteiger partial charge on any atom is -0.480 e. The molecule has 0 saturated carbocycles. The van der Waals surface area contributed by atoms with Crippen LogP contribution in [0, 0.1) is 0 Å². The topological polar surface area (TPSA) is 76.1 Å². The molecule has 0 radical (unpaired) electrons. The zero-order chi connectivity index (χ0) is 13.9. The fourth-order valence-corrected chi connectivity index (χ4v) is 4.27. The summed E-state index contributed by atoms with van der Waals surface area (Å²) < 4.78 is 25.0. The van der Waals surface area contributed by atoms with Crippen molar-refractivity contribution in [2.45, 2.75) is 58.8 Å². The van der Waals surface area contributed by atoms with E-state index in [4.69, 9.17) is 14.2 Å². The summed E-state index contributed by atoms with van der Waals surface area (Å²) in [5.74, 6) is -0.979. The highest BCUT2D eigenvalue weighted by Crippen LogP contribution is 2.57. The third kappa shape index (κ3) is 3.79. The molecule has 1 fully saturated rings. The van der Waals surface area contributed by atoms with E-state index in [1.165, 1.54) is 4.67 Å². The van der Waals surface area contributed by atoms with Crippen LogP contribution >= 0.6 is 7.75 Å². The summed E-state index contributed by atoms with van der Waals surface area (Å²) in [5, 5.41) is 9.14. The summed E-state index contributed by atoms with van der Waals surface area (Å²) >= 11 is 0. The van der Waals surface area contributed by atoms with E-state index < -0.39 is 19.8 Å². The van der Waals surface area contributed by atoms with E-state index in [1.807, 2.05) is 0 Å². The Labute approximate surface area is 108 Å². The summed E-state index contributed by atoms with van der Waals surface area (Å²) in [6, 6.07) is -0.784. The van der Waals surface area contributed by atoms with E-state index in [9.17, 15) is 9.36 Å². The van der Waals surface area contributed by atoms with Gasteiger partial charge in [-0.25, -0.2) is 4.57 Å². The molecule has 0 unspecified atom stereocenters. The van der Waals surface area contributed by atoms with Crippen LogP contribution in [-0.2, 0) is 18.4 Å². The highest BCUT2D eigenvalue weighted by atomic mass is 31.2. The normalized spacial score (nSPS) is 22.0. The predicted octanol–water partition coefficient (Wildman–Crippen LogP) is 2.49. The lowest BCUT2D eigenvalue weighted by molar-refractivity contribution is -0.141. The first kappa shape index (κ1) is 15.6. The minimum absolute atomic E-state index is 0.287. The highest BCUT2D eigenvalue weighted by molar-refractivity contribution is 7.51. The van der Waals surface area contributed by atoms with Gasteiger partial charge >= 0.3 is 13.7 Å². The van der Waals surface area contributed by atoms with Gasteiger partial charge in [0, 0.05) is 6.54 Å². The van der Waals surface area contributed by atoms with Crippen molar-refractivity contribution in [3.05, 3.63) is 0 Å². The molecule has 0 aromatic carbocycles. The number of rotatable bonds is 6. The molecule has 18 heavy (non-hydrogen) atoms. The number of carbonyl (C=O) groups is 1. The molecule has 0 spiro atoms. The van der Waals surface area contributed by atoms with Gasteiger partial charge in [0.15, 0.2) is 0 Å². The maximum Gasteiger partial charge on any atom is 0.409 e. The van der Waals surface area contributed by atoms with Crippen molar-refractivity contribution in [3.8, 4) is 0 Å². The van der Waals surface area contributed by atoms with E-state index in [1.54, 1.807) is 27.7 Å². The maximum absolute atomic E-state index is 12.8. The molecule has 0 aromatic rings. The van der Waals surface area contributed by atoms with E-state index in [0.717, 1.165) is 0 Å². The standard InChI is InChI=1S/C11H22NO5P/c1-8(2)16-18(15,17-9(3)4)12-7-5-6-10(12)11(13)14/h8-10H,5-7H2,1-4H3,(H,13,14)/t10-/m0/s1. The third-order valence-electron chi connectivity index (χ3n) is 2.51. The molecule has 1 saturated heterocycles. The average molecular weight is 279 g/mol. The Morgan fingerprint density at radius 2 is 1.78 bits per heavy atom. The van der Waals surface area contributed by atoms with Gasteiger partial charge in [0.2, 0.25) is 0 Å². The van der Waals surface area contributed by atoms with Gasteiger partial charge in [-0.05, 0) is 40.5 Å². The molecule has 0 aromatic heterocycles. The van der Waals surface area contributed by atoms with Gasteiger partial charge in [0.1, 0.15) is 6.04 Å². The maximum atomic E-state index is 12.8. The van der Waals surface area contributed by atoms with E-state index in [0.29, 0.717) is 19.4 Å². The fourth-order valence-electron chi connectivity index (χ4n) is 1.97. The molecule has 6 nitrogen and oxygen atoms in total. The summed E-state index contributed by atoms with van der Waals surface area (Å²) in [4.78, 5) is 11.2. The summed E-state index contributed by atoms with van der Waals surface area (Å²) in [6.45, 7) is 7.43. The Balaban J connectivity index is 2.94. The Morgan fingerprint density at radius 3 is 2.17 bits per heavy atom. The van der Waals surface area contributed by atoms with Gasteiger partial charge < -0.3 is 5.11 Å². The Morgan fingerprint density at radius 1 is 1.28 bits per heavy atom. The molecule has 1 aliphatic rings. The Hall–Kier alpha value is -0.420. The van der Waals surface area contributed by atoms with Crippen molar-refractivity contribution >= 4 is 13.7 Å². The summed E-state index contributed by atoms with van der Waals surface area (Å²) in [5.41, 5.74) is 0. The second-order valence-corrected chi connectivity index (χ2v) is 6.81. The molecular weight excluding hydrogens is 257 g/mol. The molecule has 1 N–H and O–H groups in total. The number of aliphatic carboxylic acids is 1. The molecule has 1 aliphatic heterocycles. The van der Waals surface area contributed by atoms with Crippen LogP contribution in [0.4, 0.5) is 0 Å². The fraction of sp³-hybridized carbons (Fsp3) is 0.909. The number of hydrogen-bond acceptors (Lipinski definition) is 4. The smallest absolute Gasteiger partial charge is 0.409 e. The van der Waals surface area contributed by atoms with Crippen LogP contribution in [0.5, 0.6) is 0 Å². The van der Waals surface area contributed by atoms with Crippen LogP contribution in [-0.4, -0.2) is 40.5 Å². The van der Waals surface area contributed by atoms with E-state index in [-0.39, 0.29) is 12.2 Å². The van der Waals surface area contributed by atoms with Crippen LogP contribution in [0.25, 0.3) is 0 Å². The zero-order valence-corrected chi connectivity index (χ0v) is 12.2. The van der Waals surface area contributed by atoms with Crippen LogP contribution in [0.15, 0.2) is 0 Å². The molecule has 0 bridgehead atoms. The molecule has 1 atom stereocenters. The molecular formula is C11H22NO5P. The second-order valence-electron chi connectivity index (χ2n) is 4.94. The van der Waals surface area contributed by atoms with Gasteiger partial charge in [-0.15, -0.1) is 0 Å². The number of carboxylic acids is 1. The number of hydrogen-bond donors (Lipinski definition) is 1. The minimum atomic E-state index is -3.54. The van der Waals surface area contributed by atoms with Crippen LogP contribution in [0.1, 0.15) is 40.5 Å². The molecule has 106 valence electrons. The monoisotopic (exact) mass is 279 g/mol. The van der Waals surface area contributed by atoms with E-state index in [2.05, 4.69) is 0 Å². The van der Waals surface area contributed by atoms with Crippen molar-refractivity contribution in [2.75, 3.05) is 6.54 Å². The molecule has 0 aliphatic carbocycles. The zero-order valence-electron chi connectivity index (χ0n) is 11.3. The summed E-state index contributed by atoms with van der Waals surface area (Å²) in [6.07, 6.45) is 0.584. The van der Waals surface area contributed by atoms with Gasteiger partial charge in [-0.1, -0.05) is 0 Å². The third-order valence-corrected chi connectivity index (χ3v) is 5.00. The SMILES string of the molecule is CC(C)OP(=O)(OC(C)C)N1CCC[C@H]1C(=O)O. The van der Waals surface area contributed by atoms with Crippen molar-refractivity contribution < 1.29 is 23.5 Å². The van der Waals surface area contributed by atoms with Crippen molar-refractivity contribution in [3.63, 3.8) is 0 Å². The lowest BCUT2D eigenvalue weighted by Crippen LogP contribution is -2.35. The Kier molecular flexibility index (Phi) is 5.34. The average Bonchev–Trinajstić information content (AvgIpc) is 2.62. The first-order chi connectivity index (χ1) is 8.26. The van der Waals surface area contributed by atoms with Gasteiger partial charge in [-0.3, -0.25) is 13.8 Å². The highest BCUT2D eigenvalue weighted by Gasteiger charge is 2.45. The number of carboxylic acid groups (broad SMARTS) is 1. The molecule has 0 amide bonds. The van der Waals surface area contributed by atoms with E-state index >= 15 is 0 Å². The van der Waals surface area contributed by atoms with Crippen molar-refractivity contribution in [1.29, 1.82) is 0 Å². The second kappa shape index (κ2) is 6.15. The predicted molar refractivity (Wildman–Crippen MR) is 67.4 cm³/mol. The van der Waals surface area contributed by atoms with Crippen molar-refractivity contribution in [1.82, 2.24) is 4.67 Å². The molecule has 7 heteroatoms. The molecule has 1 rings (SSSR count). The lowest BCUT2D eigenvalue weighted by Gasteiger charge is -2.31. The van der Waals surface area contributed by atoms with Gasteiger partial charge in [0.25, 0.3) is 0 Å². The van der Waals surface area contributed by atoms with Gasteiger partial charge in [-0.2, -0.15) is 4.67 Å². The lowest BCUT2D eigenvalue weighted by atomic mass is 10.2. The van der Waals surface area contributed by atoms with Crippen LogP contribution in [0.3, 0.4) is 0 Å². The first-order valence-corrected chi connectivity index (χ1v) is 7.72. The number of nitrogens with zero attached hydrogens (tertiary/aromatic N) is 1. The largest absolute Gasteiger partial charge is 0.480 e. The van der Waals surface area contributed by atoms with Crippen LogP contribution < -0.4 is 0 Å². The van der Waals surface area contributed by atoms with Crippen molar-refractivity contribution in [2.24, 2.45) is 0 Å². The Bertz CT molecular complexity index is 330.